The van der Waals surface area contributed by atoms with Gasteiger partial charge in [-0.15, -0.1) is 0 Å². The zero-order valence-electron chi connectivity index (χ0n) is 16.2. The largest absolute Gasteiger partial charge is 0.332 e. The van der Waals surface area contributed by atoms with Crippen molar-refractivity contribution in [2.45, 2.75) is 6.54 Å². The zero-order valence-corrected chi connectivity index (χ0v) is 17.0. The molecule has 0 aliphatic carbocycles. The predicted molar refractivity (Wildman–Crippen MR) is 113 cm³/mol. The van der Waals surface area contributed by atoms with Crippen LogP contribution in [-0.4, -0.2) is 31.6 Å². The fourth-order valence-corrected chi connectivity index (χ4v) is 3.88. The van der Waals surface area contributed by atoms with Gasteiger partial charge in [-0.05, 0) is 40.1 Å². The van der Waals surface area contributed by atoms with Crippen molar-refractivity contribution in [1.82, 2.24) is 18.7 Å². The molecule has 0 saturated heterocycles. The number of carbonyl (C=O) groups excluding carboxylic acids is 1. The highest BCUT2D eigenvalue weighted by molar-refractivity contribution is 7.08. The highest BCUT2D eigenvalue weighted by Gasteiger charge is 2.18. The lowest BCUT2D eigenvalue weighted by Gasteiger charge is -2.18. The number of aromatic nitrogens is 4. The van der Waals surface area contributed by atoms with Crippen LogP contribution in [0.2, 0.25) is 0 Å². The maximum atomic E-state index is 12.8. The van der Waals surface area contributed by atoms with Crippen LogP contribution in [0.15, 0.2) is 57.0 Å². The van der Waals surface area contributed by atoms with Crippen LogP contribution in [0.4, 0.5) is 5.69 Å². The molecule has 0 aliphatic heterocycles. The van der Waals surface area contributed by atoms with Gasteiger partial charge in [-0.1, -0.05) is 12.1 Å². The topological polar surface area (TPSA) is 82.1 Å². The molecule has 0 radical (unpaired) electrons. The van der Waals surface area contributed by atoms with E-state index in [4.69, 9.17) is 0 Å². The Morgan fingerprint density at radius 2 is 1.79 bits per heavy atom. The van der Waals surface area contributed by atoms with Crippen molar-refractivity contribution in [3.05, 3.63) is 68.3 Å². The second-order valence-electron chi connectivity index (χ2n) is 6.76. The van der Waals surface area contributed by atoms with Gasteiger partial charge in [0.05, 0.1) is 6.33 Å². The van der Waals surface area contributed by atoms with Crippen molar-refractivity contribution in [1.29, 1.82) is 0 Å². The van der Waals surface area contributed by atoms with Crippen LogP contribution in [-0.2, 0) is 25.4 Å². The third kappa shape index (κ3) is 3.19. The molecule has 148 valence electrons. The highest BCUT2D eigenvalue weighted by atomic mass is 32.1. The molecule has 0 aliphatic rings. The van der Waals surface area contributed by atoms with E-state index in [0.717, 1.165) is 21.4 Å². The molecule has 0 atom stereocenters. The van der Waals surface area contributed by atoms with E-state index in [-0.39, 0.29) is 23.6 Å². The van der Waals surface area contributed by atoms with Gasteiger partial charge in [0.25, 0.3) is 5.56 Å². The molecule has 4 aromatic rings. The van der Waals surface area contributed by atoms with E-state index in [2.05, 4.69) is 10.4 Å². The molecule has 0 spiro atoms. The minimum atomic E-state index is -0.476. The molecule has 4 rings (SSSR count). The molecular formula is C20H19N5O3S. The first-order valence-corrected chi connectivity index (χ1v) is 9.83. The first-order chi connectivity index (χ1) is 13.9. The van der Waals surface area contributed by atoms with Gasteiger partial charge in [0.2, 0.25) is 5.91 Å². The molecule has 0 bridgehead atoms. The highest BCUT2D eigenvalue weighted by Crippen LogP contribution is 2.24. The SMILES string of the molecule is CN(C(=O)Cn1cnc2c1c(=O)n(C)c(=O)n2C)c1ccc(-c2ccsc2)cc1. The summed E-state index contributed by atoms with van der Waals surface area (Å²) in [6.07, 6.45) is 1.41. The maximum absolute atomic E-state index is 12.8. The Hall–Kier alpha value is -3.46. The number of carbonyl (C=O) groups is 1. The summed E-state index contributed by atoms with van der Waals surface area (Å²) >= 11 is 1.63. The number of hydrogen-bond donors (Lipinski definition) is 0. The maximum Gasteiger partial charge on any atom is 0.332 e. The second kappa shape index (κ2) is 7.17. The van der Waals surface area contributed by atoms with Crippen LogP contribution < -0.4 is 16.1 Å². The Balaban J connectivity index is 1.61. The summed E-state index contributed by atoms with van der Waals surface area (Å²) in [6.45, 7) is -0.0628. The Labute approximate surface area is 169 Å². The minimum Gasteiger partial charge on any atom is -0.315 e. The van der Waals surface area contributed by atoms with Gasteiger partial charge in [0.1, 0.15) is 6.54 Å². The number of imidazole rings is 1. The van der Waals surface area contributed by atoms with Crippen molar-refractivity contribution in [3.63, 3.8) is 0 Å². The van der Waals surface area contributed by atoms with Crippen molar-refractivity contribution < 1.29 is 4.79 Å². The lowest BCUT2D eigenvalue weighted by atomic mass is 10.1. The molecule has 1 amide bonds. The normalized spacial score (nSPS) is 11.1. The summed E-state index contributed by atoms with van der Waals surface area (Å²) in [6, 6.07) is 9.77. The minimum absolute atomic E-state index is 0.0628. The van der Waals surface area contributed by atoms with E-state index in [0.29, 0.717) is 0 Å². The van der Waals surface area contributed by atoms with E-state index < -0.39 is 11.2 Å². The Bertz CT molecular complexity index is 1310. The van der Waals surface area contributed by atoms with Crippen LogP contribution in [0.3, 0.4) is 0 Å². The summed E-state index contributed by atoms with van der Waals surface area (Å²) in [5.74, 6) is -0.205. The van der Waals surface area contributed by atoms with Gasteiger partial charge >= 0.3 is 5.69 Å². The first kappa shape index (κ1) is 18.9. The number of likely N-dealkylation sites (N-methyl/N-ethyl adjacent to an activating group) is 1. The number of nitrogens with zero attached hydrogens (tertiary/aromatic N) is 5. The first-order valence-electron chi connectivity index (χ1n) is 8.88. The van der Waals surface area contributed by atoms with Crippen molar-refractivity contribution in [2.24, 2.45) is 14.1 Å². The van der Waals surface area contributed by atoms with E-state index in [1.54, 1.807) is 25.4 Å². The average molecular weight is 409 g/mol. The van der Waals surface area contributed by atoms with Crippen LogP contribution in [0.25, 0.3) is 22.3 Å². The number of aryl methyl sites for hydroxylation is 1. The van der Waals surface area contributed by atoms with E-state index in [1.807, 2.05) is 35.7 Å². The number of fused-ring (bicyclic) bond motifs is 1. The van der Waals surface area contributed by atoms with E-state index in [1.165, 1.54) is 27.4 Å². The Morgan fingerprint density at radius 1 is 1.07 bits per heavy atom. The van der Waals surface area contributed by atoms with Gasteiger partial charge in [0, 0.05) is 26.8 Å². The van der Waals surface area contributed by atoms with Crippen LogP contribution >= 0.6 is 11.3 Å². The molecule has 1 aromatic carbocycles. The van der Waals surface area contributed by atoms with Gasteiger partial charge in [0.15, 0.2) is 11.2 Å². The molecule has 3 heterocycles. The predicted octanol–water partition coefficient (Wildman–Crippen LogP) is 1.83. The summed E-state index contributed by atoms with van der Waals surface area (Å²) in [5.41, 5.74) is 2.53. The molecule has 9 heteroatoms. The lowest BCUT2D eigenvalue weighted by Crippen LogP contribution is -2.38. The molecule has 3 aromatic heterocycles. The molecule has 0 fully saturated rings. The third-order valence-electron chi connectivity index (χ3n) is 5.01. The molecular weight excluding hydrogens is 390 g/mol. The smallest absolute Gasteiger partial charge is 0.315 e. The number of rotatable bonds is 4. The van der Waals surface area contributed by atoms with Gasteiger partial charge < -0.3 is 9.47 Å². The van der Waals surface area contributed by atoms with Crippen LogP contribution in [0.5, 0.6) is 0 Å². The summed E-state index contributed by atoms with van der Waals surface area (Å²) < 4.78 is 3.79. The lowest BCUT2D eigenvalue weighted by molar-refractivity contribution is -0.118. The molecule has 0 saturated carbocycles. The summed E-state index contributed by atoms with van der Waals surface area (Å²) in [7, 11) is 4.64. The fraction of sp³-hybridized carbons (Fsp3) is 0.200. The third-order valence-corrected chi connectivity index (χ3v) is 5.69. The van der Waals surface area contributed by atoms with Crippen LogP contribution in [0, 0.1) is 0 Å². The Morgan fingerprint density at radius 3 is 2.45 bits per heavy atom. The number of anilines is 1. The van der Waals surface area contributed by atoms with E-state index >= 15 is 0 Å². The average Bonchev–Trinajstić information content (AvgIpc) is 3.40. The number of benzene rings is 1. The summed E-state index contributed by atoms with van der Waals surface area (Å²) in [4.78, 5) is 43.1. The number of hydrogen-bond acceptors (Lipinski definition) is 5. The number of thiophene rings is 1. The second-order valence-corrected chi connectivity index (χ2v) is 7.54. The monoisotopic (exact) mass is 409 g/mol. The zero-order chi connectivity index (χ0) is 20.7. The van der Waals surface area contributed by atoms with Gasteiger partial charge in [-0.3, -0.25) is 18.7 Å². The van der Waals surface area contributed by atoms with E-state index in [9.17, 15) is 14.4 Å². The number of amides is 1. The van der Waals surface area contributed by atoms with Crippen molar-refractivity contribution in [2.75, 3.05) is 11.9 Å². The standard InChI is InChI=1S/C20H19N5O3S/c1-22(15-6-4-13(5-7-15)14-8-9-29-11-14)16(26)10-25-12-21-18-17(25)19(27)24(3)20(28)23(18)2/h4-9,11-12H,10H2,1-3H3. The summed E-state index contributed by atoms with van der Waals surface area (Å²) in [5, 5.41) is 4.09. The van der Waals surface area contributed by atoms with Gasteiger partial charge in [-0.2, -0.15) is 11.3 Å². The van der Waals surface area contributed by atoms with Crippen LogP contribution in [0.1, 0.15) is 0 Å². The Kier molecular flexibility index (Phi) is 4.67. The van der Waals surface area contributed by atoms with Gasteiger partial charge in [-0.25, -0.2) is 9.78 Å². The van der Waals surface area contributed by atoms with Crippen molar-refractivity contribution in [3.8, 4) is 11.1 Å². The molecule has 0 N–H and O–H groups in total. The fourth-order valence-electron chi connectivity index (χ4n) is 3.22. The molecule has 29 heavy (non-hydrogen) atoms. The molecule has 0 unspecified atom stereocenters. The molecule has 8 nitrogen and oxygen atoms in total. The van der Waals surface area contributed by atoms with Crippen molar-refractivity contribution >= 4 is 34.1 Å². The quantitative estimate of drug-likeness (QED) is 0.515.